The van der Waals surface area contributed by atoms with Gasteiger partial charge in [-0.1, -0.05) is 0 Å². The van der Waals surface area contributed by atoms with Crippen molar-refractivity contribution in [2.45, 2.75) is 20.8 Å². The summed E-state index contributed by atoms with van der Waals surface area (Å²) in [5.41, 5.74) is 3.08. The molecule has 0 heterocycles. The van der Waals surface area contributed by atoms with E-state index in [0.29, 0.717) is 11.4 Å². The fourth-order valence-corrected chi connectivity index (χ4v) is 2.29. The fourth-order valence-electron chi connectivity index (χ4n) is 2.29. The maximum Gasteiger partial charge on any atom is 0.308 e. The molecule has 0 aromatic heterocycles. The van der Waals surface area contributed by atoms with Crippen LogP contribution in [0.1, 0.15) is 23.6 Å². The number of aromatic hydroxyl groups is 1. The van der Waals surface area contributed by atoms with Crippen molar-refractivity contribution in [1.82, 2.24) is 0 Å². The number of carbonyl (C=O) groups is 2. The van der Waals surface area contributed by atoms with Crippen LogP contribution in [-0.4, -0.2) is 17.0 Å². The van der Waals surface area contributed by atoms with Gasteiger partial charge in [-0.15, -0.1) is 0 Å². The third-order valence-electron chi connectivity index (χ3n) is 3.29. The molecule has 2 N–H and O–H groups in total. The molecule has 0 aliphatic rings. The third kappa shape index (κ3) is 4.71. The molecule has 2 rings (SSSR count). The zero-order chi connectivity index (χ0) is 17.7. The van der Waals surface area contributed by atoms with Gasteiger partial charge in [-0.3, -0.25) is 9.59 Å². The molecular weight excluding hydrogens is 306 g/mol. The van der Waals surface area contributed by atoms with Gasteiger partial charge in [0.05, 0.1) is 0 Å². The summed E-state index contributed by atoms with van der Waals surface area (Å²) in [7, 11) is 0. The second kappa shape index (κ2) is 7.46. The second-order valence-corrected chi connectivity index (χ2v) is 5.45. The summed E-state index contributed by atoms with van der Waals surface area (Å²) in [5, 5.41) is 11.9. The maximum absolute atomic E-state index is 11.9. The Morgan fingerprint density at radius 3 is 2.21 bits per heavy atom. The SMILES string of the molecule is CC(=O)Oc1c(C)cc(/C=C/C(=O)Nc2ccc(O)cc2)cc1C. The molecule has 0 saturated heterocycles. The van der Waals surface area contributed by atoms with Gasteiger partial charge in [-0.2, -0.15) is 0 Å². The predicted molar refractivity (Wildman–Crippen MR) is 93.0 cm³/mol. The third-order valence-corrected chi connectivity index (χ3v) is 3.29. The van der Waals surface area contributed by atoms with Crippen LogP contribution in [0.5, 0.6) is 11.5 Å². The molecule has 2 aromatic carbocycles. The van der Waals surface area contributed by atoms with Crippen molar-refractivity contribution in [2.24, 2.45) is 0 Å². The summed E-state index contributed by atoms with van der Waals surface area (Å²) < 4.78 is 5.18. The van der Waals surface area contributed by atoms with E-state index in [9.17, 15) is 14.7 Å². The number of phenols is 1. The van der Waals surface area contributed by atoms with Crippen molar-refractivity contribution in [2.75, 3.05) is 5.32 Å². The molecule has 0 atom stereocenters. The fraction of sp³-hybridized carbons (Fsp3) is 0.158. The minimum Gasteiger partial charge on any atom is -0.508 e. The molecule has 1 amide bonds. The zero-order valence-corrected chi connectivity index (χ0v) is 13.8. The van der Waals surface area contributed by atoms with Crippen molar-refractivity contribution in [3.63, 3.8) is 0 Å². The van der Waals surface area contributed by atoms with E-state index in [4.69, 9.17) is 4.74 Å². The molecule has 5 heteroatoms. The number of hydrogen-bond donors (Lipinski definition) is 2. The van der Waals surface area contributed by atoms with E-state index in [2.05, 4.69) is 5.32 Å². The molecule has 0 aliphatic heterocycles. The van der Waals surface area contributed by atoms with Gasteiger partial charge in [-0.25, -0.2) is 0 Å². The number of aryl methyl sites for hydroxylation is 2. The maximum atomic E-state index is 11.9. The van der Waals surface area contributed by atoms with E-state index >= 15 is 0 Å². The summed E-state index contributed by atoms with van der Waals surface area (Å²) in [4.78, 5) is 23.0. The molecule has 24 heavy (non-hydrogen) atoms. The second-order valence-electron chi connectivity index (χ2n) is 5.45. The normalized spacial score (nSPS) is 10.6. The van der Waals surface area contributed by atoms with Gasteiger partial charge in [0.2, 0.25) is 5.91 Å². The highest BCUT2D eigenvalue weighted by Crippen LogP contribution is 2.25. The lowest BCUT2D eigenvalue weighted by molar-refractivity contribution is -0.132. The van der Waals surface area contributed by atoms with Gasteiger partial charge >= 0.3 is 5.97 Å². The lowest BCUT2D eigenvalue weighted by Gasteiger charge is -2.10. The quantitative estimate of drug-likeness (QED) is 0.390. The molecule has 0 bridgehead atoms. The molecule has 0 spiro atoms. The summed E-state index contributed by atoms with van der Waals surface area (Å²) in [5.74, 6) is 0.0494. The molecule has 124 valence electrons. The lowest BCUT2D eigenvalue weighted by Crippen LogP contribution is -2.07. The monoisotopic (exact) mass is 325 g/mol. The van der Waals surface area contributed by atoms with E-state index < -0.39 is 0 Å². The minimum atomic E-state index is -0.363. The van der Waals surface area contributed by atoms with Crippen molar-refractivity contribution in [3.8, 4) is 11.5 Å². The van der Waals surface area contributed by atoms with Crippen LogP contribution in [0, 0.1) is 13.8 Å². The zero-order valence-electron chi connectivity index (χ0n) is 13.8. The van der Waals surface area contributed by atoms with Crippen molar-refractivity contribution >= 4 is 23.6 Å². The number of esters is 1. The van der Waals surface area contributed by atoms with Crippen LogP contribution in [0.2, 0.25) is 0 Å². The molecule has 0 saturated carbocycles. The van der Waals surface area contributed by atoms with E-state index in [1.165, 1.54) is 25.1 Å². The van der Waals surface area contributed by atoms with Crippen molar-refractivity contribution in [3.05, 3.63) is 59.2 Å². The first-order valence-electron chi connectivity index (χ1n) is 7.43. The van der Waals surface area contributed by atoms with Crippen LogP contribution in [-0.2, 0) is 9.59 Å². The Balaban J connectivity index is 2.09. The number of amides is 1. The smallest absolute Gasteiger partial charge is 0.308 e. The number of phenolic OH excluding ortho intramolecular Hbond substituents is 1. The van der Waals surface area contributed by atoms with Crippen molar-refractivity contribution < 1.29 is 19.4 Å². The van der Waals surface area contributed by atoms with Crippen LogP contribution in [0.3, 0.4) is 0 Å². The molecule has 2 aromatic rings. The van der Waals surface area contributed by atoms with Gasteiger partial charge in [-0.05, 0) is 73.0 Å². The Morgan fingerprint density at radius 2 is 1.67 bits per heavy atom. The largest absolute Gasteiger partial charge is 0.508 e. The summed E-state index contributed by atoms with van der Waals surface area (Å²) in [6, 6.07) is 9.91. The Morgan fingerprint density at radius 1 is 1.08 bits per heavy atom. The molecule has 0 unspecified atom stereocenters. The van der Waals surface area contributed by atoms with Crippen LogP contribution in [0.4, 0.5) is 5.69 Å². The standard InChI is InChI=1S/C19H19NO4/c1-12-10-15(11-13(2)19(12)24-14(3)21)4-9-18(23)20-16-5-7-17(22)8-6-16/h4-11,22H,1-3H3,(H,20,23)/b9-4+. The number of nitrogens with one attached hydrogen (secondary N) is 1. The molecule has 5 nitrogen and oxygen atoms in total. The van der Waals surface area contributed by atoms with E-state index in [-0.39, 0.29) is 17.6 Å². The van der Waals surface area contributed by atoms with Gasteiger partial charge in [0.1, 0.15) is 11.5 Å². The predicted octanol–water partition coefficient (Wildman–Crippen LogP) is 3.59. The first-order valence-corrected chi connectivity index (χ1v) is 7.43. The number of carbonyl (C=O) groups excluding carboxylic acids is 2. The summed E-state index contributed by atoms with van der Waals surface area (Å²) in [6.45, 7) is 5.05. The van der Waals surface area contributed by atoms with Gasteiger partial charge in [0.15, 0.2) is 0 Å². The molecule has 0 fully saturated rings. The first-order chi connectivity index (χ1) is 11.3. The topological polar surface area (TPSA) is 75.6 Å². The first kappa shape index (κ1) is 17.3. The van der Waals surface area contributed by atoms with Crippen LogP contribution < -0.4 is 10.1 Å². The number of rotatable bonds is 4. The Bertz CT molecular complexity index is 769. The van der Waals surface area contributed by atoms with Crippen LogP contribution in [0.15, 0.2) is 42.5 Å². The van der Waals surface area contributed by atoms with E-state index in [1.807, 2.05) is 26.0 Å². The average molecular weight is 325 g/mol. The molecule has 0 aliphatic carbocycles. The Kier molecular flexibility index (Phi) is 5.37. The number of ether oxygens (including phenoxy) is 1. The Labute approximate surface area is 140 Å². The highest BCUT2D eigenvalue weighted by molar-refractivity contribution is 6.02. The number of hydrogen-bond acceptors (Lipinski definition) is 4. The van der Waals surface area contributed by atoms with E-state index in [1.54, 1.807) is 18.2 Å². The van der Waals surface area contributed by atoms with Crippen LogP contribution >= 0.6 is 0 Å². The van der Waals surface area contributed by atoms with E-state index in [0.717, 1.165) is 16.7 Å². The summed E-state index contributed by atoms with van der Waals surface area (Å²) in [6.07, 6.45) is 3.11. The number of benzene rings is 2. The number of anilines is 1. The van der Waals surface area contributed by atoms with Gasteiger partial charge < -0.3 is 15.2 Å². The molecule has 0 radical (unpaired) electrons. The Hall–Kier alpha value is -3.08. The van der Waals surface area contributed by atoms with Crippen LogP contribution in [0.25, 0.3) is 6.08 Å². The average Bonchev–Trinajstić information content (AvgIpc) is 2.51. The highest BCUT2D eigenvalue weighted by atomic mass is 16.5. The van der Waals surface area contributed by atoms with Gasteiger partial charge in [0, 0.05) is 18.7 Å². The highest BCUT2D eigenvalue weighted by Gasteiger charge is 2.08. The van der Waals surface area contributed by atoms with Gasteiger partial charge in [0.25, 0.3) is 0 Å². The minimum absolute atomic E-state index is 0.141. The summed E-state index contributed by atoms with van der Waals surface area (Å²) >= 11 is 0. The van der Waals surface area contributed by atoms with Crippen molar-refractivity contribution in [1.29, 1.82) is 0 Å². The molecular formula is C19H19NO4. The lowest BCUT2D eigenvalue weighted by atomic mass is 10.1.